The lowest BCUT2D eigenvalue weighted by Crippen LogP contribution is -2.10. The van der Waals surface area contributed by atoms with Gasteiger partial charge in [-0.15, -0.1) is 11.3 Å². The highest BCUT2D eigenvalue weighted by Crippen LogP contribution is 2.38. The zero-order valence-electron chi connectivity index (χ0n) is 8.17. The van der Waals surface area contributed by atoms with Crippen LogP contribution in [0.1, 0.15) is 17.8 Å². The van der Waals surface area contributed by atoms with Gasteiger partial charge in [0.15, 0.2) is 0 Å². The molecule has 14 heavy (non-hydrogen) atoms. The maximum Gasteiger partial charge on any atom is 0.0409 e. The van der Waals surface area contributed by atoms with Gasteiger partial charge in [0.05, 0.1) is 0 Å². The van der Waals surface area contributed by atoms with Crippen molar-refractivity contribution in [3.63, 3.8) is 0 Å². The van der Waals surface area contributed by atoms with Gasteiger partial charge in [-0.05, 0) is 36.0 Å². The van der Waals surface area contributed by atoms with E-state index >= 15 is 0 Å². The minimum atomic E-state index is 0.404. The van der Waals surface area contributed by atoms with Crippen molar-refractivity contribution in [2.45, 2.75) is 13.0 Å². The minimum absolute atomic E-state index is 0.404. The van der Waals surface area contributed by atoms with Crippen LogP contribution in [0.5, 0.6) is 0 Å². The lowest BCUT2D eigenvalue weighted by atomic mass is 10.2. The molecule has 1 heterocycles. The van der Waals surface area contributed by atoms with Crippen LogP contribution in [-0.2, 0) is 0 Å². The van der Waals surface area contributed by atoms with Gasteiger partial charge >= 0.3 is 0 Å². The highest BCUT2D eigenvalue weighted by Gasteiger charge is 2.13. The van der Waals surface area contributed by atoms with Crippen LogP contribution in [0.3, 0.4) is 0 Å². The molecular weight excluding hydrogens is 258 g/mol. The van der Waals surface area contributed by atoms with Crippen LogP contribution in [0, 0.1) is 0 Å². The van der Waals surface area contributed by atoms with Gasteiger partial charge < -0.3 is 5.32 Å². The zero-order valence-corrected chi connectivity index (χ0v) is 10.6. The Morgan fingerprint density at radius 3 is 2.71 bits per heavy atom. The second-order valence-electron chi connectivity index (χ2n) is 3.29. The van der Waals surface area contributed by atoms with E-state index in [1.807, 2.05) is 18.4 Å². The monoisotopic (exact) mass is 269 g/mol. The largest absolute Gasteiger partial charge is 0.313 e. The third kappa shape index (κ3) is 1.60. The number of rotatable bonds is 2. The number of nitrogens with one attached hydrogen (secondary N) is 1. The highest BCUT2D eigenvalue weighted by molar-refractivity contribution is 9.10. The van der Waals surface area contributed by atoms with Gasteiger partial charge in [0.25, 0.3) is 0 Å². The van der Waals surface area contributed by atoms with Crippen molar-refractivity contribution in [1.29, 1.82) is 0 Å². The summed E-state index contributed by atoms with van der Waals surface area (Å²) in [5.74, 6) is 0. The number of halogens is 1. The van der Waals surface area contributed by atoms with Crippen LogP contribution in [0.25, 0.3) is 10.1 Å². The summed E-state index contributed by atoms with van der Waals surface area (Å²) in [6.07, 6.45) is 0. The molecule has 0 saturated heterocycles. The molecule has 74 valence electrons. The van der Waals surface area contributed by atoms with Gasteiger partial charge in [-0.1, -0.05) is 18.2 Å². The molecule has 1 aromatic carbocycles. The molecule has 1 atom stereocenters. The zero-order chi connectivity index (χ0) is 10.1. The fourth-order valence-electron chi connectivity index (χ4n) is 1.44. The van der Waals surface area contributed by atoms with Crippen molar-refractivity contribution in [2.24, 2.45) is 0 Å². The van der Waals surface area contributed by atoms with Crippen molar-refractivity contribution >= 4 is 37.4 Å². The predicted octanol–water partition coefficient (Wildman–Crippen LogP) is 3.94. The van der Waals surface area contributed by atoms with E-state index in [0.717, 1.165) is 0 Å². The molecule has 0 fully saturated rings. The molecule has 0 saturated carbocycles. The van der Waals surface area contributed by atoms with Crippen molar-refractivity contribution in [3.8, 4) is 0 Å². The van der Waals surface area contributed by atoms with Crippen LogP contribution in [-0.4, -0.2) is 7.05 Å². The molecule has 0 unspecified atom stereocenters. The number of hydrogen-bond acceptors (Lipinski definition) is 2. The van der Waals surface area contributed by atoms with Crippen molar-refractivity contribution in [3.05, 3.63) is 33.6 Å². The average Bonchev–Trinajstić information content (AvgIpc) is 2.56. The van der Waals surface area contributed by atoms with E-state index in [1.165, 1.54) is 19.4 Å². The van der Waals surface area contributed by atoms with Crippen molar-refractivity contribution in [1.82, 2.24) is 5.32 Å². The van der Waals surface area contributed by atoms with Crippen LogP contribution in [0.15, 0.2) is 28.7 Å². The molecular formula is C11H12BrNS. The van der Waals surface area contributed by atoms with E-state index in [4.69, 9.17) is 0 Å². The first-order chi connectivity index (χ1) is 6.74. The normalized spacial score (nSPS) is 13.4. The van der Waals surface area contributed by atoms with E-state index in [9.17, 15) is 0 Å². The lowest BCUT2D eigenvalue weighted by Gasteiger charge is -2.07. The molecule has 2 rings (SSSR count). The number of benzene rings is 1. The van der Waals surface area contributed by atoms with Gasteiger partial charge in [-0.2, -0.15) is 0 Å². The van der Waals surface area contributed by atoms with Gasteiger partial charge in [-0.25, -0.2) is 0 Å². The third-order valence-electron chi connectivity index (χ3n) is 2.39. The SMILES string of the molecule is CN[C@@H](C)c1sc2ccccc2c1Br. The highest BCUT2D eigenvalue weighted by atomic mass is 79.9. The molecule has 0 amide bonds. The summed E-state index contributed by atoms with van der Waals surface area (Å²) in [5.41, 5.74) is 0. The van der Waals surface area contributed by atoms with E-state index < -0.39 is 0 Å². The Hall–Kier alpha value is -0.380. The van der Waals surface area contributed by atoms with Crippen molar-refractivity contribution < 1.29 is 0 Å². The van der Waals surface area contributed by atoms with E-state index in [0.29, 0.717) is 6.04 Å². The second kappa shape index (κ2) is 4.01. The van der Waals surface area contributed by atoms with Gasteiger partial charge in [-0.3, -0.25) is 0 Å². The fraction of sp³-hybridized carbons (Fsp3) is 0.273. The minimum Gasteiger partial charge on any atom is -0.313 e. The molecule has 0 aliphatic rings. The summed E-state index contributed by atoms with van der Waals surface area (Å²) in [6, 6.07) is 8.88. The first-order valence-corrected chi connectivity index (χ1v) is 6.19. The van der Waals surface area contributed by atoms with E-state index in [2.05, 4.69) is 52.4 Å². The van der Waals surface area contributed by atoms with E-state index in [-0.39, 0.29) is 0 Å². The second-order valence-corrected chi connectivity index (χ2v) is 5.16. The smallest absolute Gasteiger partial charge is 0.0409 e. The number of thiophene rings is 1. The average molecular weight is 270 g/mol. The van der Waals surface area contributed by atoms with Gasteiger partial charge in [0.2, 0.25) is 0 Å². The molecule has 1 N–H and O–H groups in total. The molecule has 1 aromatic heterocycles. The van der Waals surface area contributed by atoms with Crippen molar-refractivity contribution in [2.75, 3.05) is 7.05 Å². The van der Waals surface area contributed by atoms with Crippen LogP contribution in [0.2, 0.25) is 0 Å². The van der Waals surface area contributed by atoms with Crippen LogP contribution in [0.4, 0.5) is 0 Å². The Bertz CT molecular complexity index is 449. The molecule has 0 aliphatic heterocycles. The first kappa shape index (κ1) is 10.1. The molecule has 0 bridgehead atoms. The Labute approximate surface area is 96.3 Å². The summed E-state index contributed by atoms with van der Waals surface area (Å²) < 4.78 is 2.58. The molecule has 3 heteroatoms. The topological polar surface area (TPSA) is 12.0 Å². The third-order valence-corrected chi connectivity index (χ3v) is 4.86. The quantitative estimate of drug-likeness (QED) is 0.871. The summed E-state index contributed by atoms with van der Waals surface area (Å²) in [6.45, 7) is 2.18. The number of hydrogen-bond donors (Lipinski definition) is 1. The number of fused-ring (bicyclic) bond motifs is 1. The van der Waals surface area contributed by atoms with Crippen LogP contribution < -0.4 is 5.32 Å². The Kier molecular flexibility index (Phi) is 2.91. The predicted molar refractivity (Wildman–Crippen MR) is 67.0 cm³/mol. The van der Waals surface area contributed by atoms with E-state index in [1.54, 1.807) is 0 Å². The van der Waals surface area contributed by atoms with Gasteiger partial charge in [0, 0.05) is 25.5 Å². The van der Waals surface area contributed by atoms with Gasteiger partial charge in [0.1, 0.15) is 0 Å². The summed E-state index contributed by atoms with van der Waals surface area (Å²) in [7, 11) is 1.99. The summed E-state index contributed by atoms with van der Waals surface area (Å²) in [4.78, 5) is 1.37. The molecule has 2 aromatic rings. The molecule has 1 nitrogen and oxygen atoms in total. The molecule has 0 spiro atoms. The van der Waals surface area contributed by atoms with Crippen LogP contribution >= 0.6 is 27.3 Å². The Morgan fingerprint density at radius 2 is 2.07 bits per heavy atom. The lowest BCUT2D eigenvalue weighted by molar-refractivity contribution is 0.662. The summed E-state index contributed by atoms with van der Waals surface area (Å²) in [5, 5.41) is 4.58. The Balaban J connectivity index is 2.62. The molecule has 0 radical (unpaired) electrons. The Morgan fingerprint density at radius 1 is 1.36 bits per heavy atom. The maximum atomic E-state index is 3.66. The standard InChI is InChI=1S/C11H12BrNS/c1-7(13-2)11-10(12)8-5-3-4-6-9(8)14-11/h3-7,13H,1-2H3/t7-/m0/s1. The fourth-order valence-corrected chi connectivity index (χ4v) is 3.66. The first-order valence-electron chi connectivity index (χ1n) is 4.58. The molecule has 0 aliphatic carbocycles. The summed E-state index contributed by atoms with van der Waals surface area (Å²) >= 11 is 5.51. The maximum absolute atomic E-state index is 3.66.